The Morgan fingerprint density at radius 1 is 0.750 bits per heavy atom. The summed E-state index contributed by atoms with van der Waals surface area (Å²) in [6, 6.07) is 24.8. The number of benzene rings is 4. The van der Waals surface area contributed by atoms with E-state index in [-0.39, 0.29) is 21.5 Å². The lowest BCUT2D eigenvalue weighted by molar-refractivity contribution is 0.412. The van der Waals surface area contributed by atoms with Gasteiger partial charge in [0.05, 0.1) is 9.79 Å². The van der Waals surface area contributed by atoms with Crippen LogP contribution in [0.3, 0.4) is 0 Å². The van der Waals surface area contributed by atoms with E-state index in [0.29, 0.717) is 11.5 Å². The van der Waals surface area contributed by atoms with Gasteiger partial charge in [-0.25, -0.2) is 8.42 Å². The largest absolute Gasteiger partial charge is 0.504 e. The molecule has 0 spiro atoms. The standard InChI is InChI=1S/C27H22O4S/c1-17(2)23-16-24(28)27-26(18-6-4-3-5-7-18)25(23)19-8-12-21(13-9-19)32(29,30)22-14-10-20(31-27)11-15-22/h3-17,28H,1-2H3. The first-order valence-corrected chi connectivity index (χ1v) is 11.9. The van der Waals surface area contributed by atoms with Gasteiger partial charge in [-0.15, -0.1) is 0 Å². The number of phenols is 1. The second-order valence-corrected chi connectivity index (χ2v) is 10.1. The number of rotatable bonds is 2. The molecule has 6 bridgehead atoms. The lowest BCUT2D eigenvalue weighted by Crippen LogP contribution is -2.01. The van der Waals surface area contributed by atoms with Crippen molar-refractivity contribution in [2.24, 2.45) is 0 Å². The van der Waals surface area contributed by atoms with Crippen molar-refractivity contribution in [1.82, 2.24) is 0 Å². The molecule has 4 heterocycles. The summed E-state index contributed by atoms with van der Waals surface area (Å²) in [5.41, 5.74) is 4.40. The summed E-state index contributed by atoms with van der Waals surface area (Å²) in [5.74, 6) is 0.946. The normalized spacial score (nSPS) is 13.8. The number of aromatic hydroxyl groups is 1. The molecule has 0 fully saturated rings. The molecule has 0 saturated carbocycles. The first-order chi connectivity index (χ1) is 15.4. The zero-order valence-corrected chi connectivity index (χ0v) is 18.6. The van der Waals surface area contributed by atoms with E-state index in [9.17, 15) is 13.5 Å². The van der Waals surface area contributed by atoms with E-state index in [2.05, 4.69) is 13.8 Å². The Kier molecular flexibility index (Phi) is 4.79. The Labute approximate surface area is 187 Å². The highest BCUT2D eigenvalue weighted by atomic mass is 32.2. The van der Waals surface area contributed by atoms with Crippen molar-refractivity contribution in [2.75, 3.05) is 0 Å². The quantitative estimate of drug-likeness (QED) is 0.327. The fourth-order valence-corrected chi connectivity index (χ4v) is 5.42. The van der Waals surface area contributed by atoms with Crippen molar-refractivity contribution in [3.05, 3.63) is 90.5 Å². The van der Waals surface area contributed by atoms with Crippen LogP contribution < -0.4 is 4.74 Å². The average Bonchev–Trinajstić information content (AvgIpc) is 2.81. The van der Waals surface area contributed by atoms with Crippen LogP contribution in [0.4, 0.5) is 0 Å². The van der Waals surface area contributed by atoms with Crippen LogP contribution in [0.5, 0.6) is 17.2 Å². The summed E-state index contributed by atoms with van der Waals surface area (Å²) in [5, 5.41) is 11.0. The Bertz CT molecular complexity index is 1400. The van der Waals surface area contributed by atoms with Gasteiger partial charge in [0.25, 0.3) is 0 Å². The molecule has 4 aliphatic rings. The van der Waals surface area contributed by atoms with E-state index in [1.165, 1.54) is 12.1 Å². The molecular weight excluding hydrogens is 420 g/mol. The predicted octanol–water partition coefficient (Wildman–Crippen LogP) is 6.79. The van der Waals surface area contributed by atoms with Crippen LogP contribution >= 0.6 is 0 Å². The molecule has 4 aromatic carbocycles. The Balaban J connectivity index is 1.95. The zero-order chi connectivity index (χ0) is 22.5. The van der Waals surface area contributed by atoms with Gasteiger partial charge in [-0.05, 0) is 70.6 Å². The Hall–Kier alpha value is -3.57. The van der Waals surface area contributed by atoms with Gasteiger partial charge in [-0.2, -0.15) is 0 Å². The van der Waals surface area contributed by atoms with Gasteiger partial charge in [0.15, 0.2) is 11.5 Å². The zero-order valence-electron chi connectivity index (χ0n) is 17.7. The number of phenolic OH excluding ortho intramolecular Hbond substituents is 1. The number of hydrogen-bond acceptors (Lipinski definition) is 4. The second-order valence-electron chi connectivity index (χ2n) is 8.19. The van der Waals surface area contributed by atoms with Crippen LogP contribution in [0, 0.1) is 0 Å². The maximum atomic E-state index is 13.1. The van der Waals surface area contributed by atoms with Gasteiger partial charge in [-0.1, -0.05) is 56.3 Å². The minimum atomic E-state index is -3.64. The van der Waals surface area contributed by atoms with Crippen molar-refractivity contribution in [3.8, 4) is 39.5 Å². The molecule has 0 aromatic heterocycles. The third-order valence-corrected chi connectivity index (χ3v) is 7.57. The molecule has 5 heteroatoms. The van der Waals surface area contributed by atoms with E-state index < -0.39 is 9.84 Å². The molecule has 4 nitrogen and oxygen atoms in total. The maximum Gasteiger partial charge on any atom is 0.206 e. The maximum absolute atomic E-state index is 13.1. The smallest absolute Gasteiger partial charge is 0.206 e. The first kappa shape index (κ1) is 20.3. The molecule has 8 rings (SSSR count). The summed E-state index contributed by atoms with van der Waals surface area (Å²) in [7, 11) is -3.64. The van der Waals surface area contributed by atoms with Gasteiger partial charge >= 0.3 is 0 Å². The summed E-state index contributed by atoms with van der Waals surface area (Å²) >= 11 is 0. The van der Waals surface area contributed by atoms with Crippen LogP contribution in [-0.2, 0) is 9.84 Å². The molecule has 0 atom stereocenters. The van der Waals surface area contributed by atoms with Gasteiger partial charge in [0.2, 0.25) is 9.84 Å². The van der Waals surface area contributed by atoms with Gasteiger partial charge in [0, 0.05) is 5.56 Å². The minimum absolute atomic E-state index is 0.0412. The number of sulfone groups is 1. The molecule has 1 N–H and O–H groups in total. The molecule has 4 aliphatic heterocycles. The lowest BCUT2D eigenvalue weighted by atomic mass is 9.85. The highest BCUT2D eigenvalue weighted by molar-refractivity contribution is 7.91. The summed E-state index contributed by atoms with van der Waals surface area (Å²) < 4.78 is 32.3. The molecule has 0 aliphatic carbocycles. The van der Waals surface area contributed by atoms with Crippen molar-refractivity contribution in [2.45, 2.75) is 29.6 Å². The monoisotopic (exact) mass is 442 g/mol. The minimum Gasteiger partial charge on any atom is -0.504 e. The molecule has 0 amide bonds. The second kappa shape index (κ2) is 7.53. The molecular formula is C27H22O4S. The van der Waals surface area contributed by atoms with E-state index in [1.54, 1.807) is 30.3 Å². The van der Waals surface area contributed by atoms with Crippen LogP contribution in [-0.4, -0.2) is 13.5 Å². The van der Waals surface area contributed by atoms with Crippen molar-refractivity contribution in [1.29, 1.82) is 0 Å². The Morgan fingerprint density at radius 3 is 1.91 bits per heavy atom. The van der Waals surface area contributed by atoms with Crippen LogP contribution in [0.15, 0.2) is 94.7 Å². The van der Waals surface area contributed by atoms with Crippen molar-refractivity contribution >= 4 is 9.84 Å². The topological polar surface area (TPSA) is 63.6 Å². The van der Waals surface area contributed by atoms with Crippen LogP contribution in [0.2, 0.25) is 0 Å². The van der Waals surface area contributed by atoms with E-state index >= 15 is 0 Å². The van der Waals surface area contributed by atoms with Crippen molar-refractivity contribution < 1.29 is 18.3 Å². The lowest BCUT2D eigenvalue weighted by Gasteiger charge is -2.22. The molecule has 32 heavy (non-hydrogen) atoms. The third kappa shape index (κ3) is 3.26. The average molecular weight is 443 g/mol. The fraction of sp³-hybridized carbons (Fsp3) is 0.111. The first-order valence-electron chi connectivity index (χ1n) is 10.4. The van der Waals surface area contributed by atoms with Gasteiger partial charge in [-0.3, -0.25) is 0 Å². The summed E-state index contributed by atoms with van der Waals surface area (Å²) in [6.45, 7) is 4.14. The molecule has 160 valence electrons. The number of hydrogen-bond donors (Lipinski definition) is 1. The number of ether oxygens (including phenoxy) is 1. The van der Waals surface area contributed by atoms with Gasteiger partial charge < -0.3 is 9.84 Å². The molecule has 4 aromatic rings. The summed E-state index contributed by atoms with van der Waals surface area (Å²) in [4.78, 5) is 0.430. The van der Waals surface area contributed by atoms with Crippen LogP contribution in [0.25, 0.3) is 22.3 Å². The van der Waals surface area contributed by atoms with E-state index in [0.717, 1.165) is 27.8 Å². The van der Waals surface area contributed by atoms with Gasteiger partial charge in [0.1, 0.15) is 5.75 Å². The summed E-state index contributed by atoms with van der Waals surface area (Å²) in [6.07, 6.45) is 0. The molecule has 0 saturated heterocycles. The fourth-order valence-electron chi connectivity index (χ4n) is 4.16. The SMILES string of the molecule is CC(C)c1cc(O)c2c(-c3ccccc3)c1-c1ccc(cc1)S(=O)(=O)c1ccc(cc1)O2. The highest BCUT2D eigenvalue weighted by Gasteiger charge is 2.25. The predicted molar refractivity (Wildman–Crippen MR) is 125 cm³/mol. The van der Waals surface area contributed by atoms with Crippen LogP contribution in [0.1, 0.15) is 25.3 Å². The molecule has 0 unspecified atom stereocenters. The third-order valence-electron chi connectivity index (χ3n) is 5.78. The Morgan fingerprint density at radius 2 is 1.31 bits per heavy atom. The van der Waals surface area contributed by atoms with E-state index in [4.69, 9.17) is 4.74 Å². The van der Waals surface area contributed by atoms with Crippen molar-refractivity contribution in [3.63, 3.8) is 0 Å². The van der Waals surface area contributed by atoms with E-state index in [1.807, 2.05) is 42.5 Å². The highest BCUT2D eigenvalue weighted by Crippen LogP contribution is 2.50. The molecule has 0 radical (unpaired) electrons.